The van der Waals surface area contributed by atoms with Crippen molar-refractivity contribution in [2.45, 2.75) is 19.3 Å². The van der Waals surface area contributed by atoms with E-state index in [-0.39, 0.29) is 5.41 Å². The average molecular weight is 538 g/mol. The summed E-state index contributed by atoms with van der Waals surface area (Å²) >= 11 is 0. The molecule has 7 aromatic carbocycles. The van der Waals surface area contributed by atoms with Crippen LogP contribution in [0.5, 0.6) is 0 Å². The van der Waals surface area contributed by atoms with E-state index < -0.39 is 0 Å². The monoisotopic (exact) mass is 537 g/mol. The van der Waals surface area contributed by atoms with Gasteiger partial charge in [0.25, 0.3) is 0 Å². The average Bonchev–Trinajstić information content (AvgIpc) is 3.28. The summed E-state index contributed by atoms with van der Waals surface area (Å²) in [7, 11) is 0. The number of hydrogen-bond acceptors (Lipinski definition) is 1. The second kappa shape index (κ2) is 9.46. The van der Waals surface area contributed by atoms with Crippen LogP contribution >= 0.6 is 0 Å². The van der Waals surface area contributed by atoms with Gasteiger partial charge in [-0.15, -0.1) is 0 Å². The summed E-state index contributed by atoms with van der Waals surface area (Å²) in [6.07, 6.45) is 0. The van der Waals surface area contributed by atoms with Crippen molar-refractivity contribution < 1.29 is 0 Å². The predicted octanol–water partition coefficient (Wildman–Crippen LogP) is 11.4. The minimum Gasteiger partial charge on any atom is -0.309 e. The highest BCUT2D eigenvalue weighted by atomic mass is 15.1. The summed E-state index contributed by atoms with van der Waals surface area (Å²) in [5, 5.41) is 4.93. The zero-order valence-electron chi connectivity index (χ0n) is 23.9. The van der Waals surface area contributed by atoms with Crippen molar-refractivity contribution in [2.75, 3.05) is 4.90 Å². The zero-order chi connectivity index (χ0) is 28.3. The van der Waals surface area contributed by atoms with Gasteiger partial charge in [0.1, 0.15) is 0 Å². The molecule has 1 aliphatic rings. The third-order valence-electron chi connectivity index (χ3n) is 9.06. The molecular weight excluding hydrogens is 506 g/mol. The molecule has 8 rings (SSSR count). The highest BCUT2D eigenvalue weighted by molar-refractivity contribution is 6.05. The first-order chi connectivity index (χ1) is 20.6. The minimum atomic E-state index is -0.0125. The third-order valence-corrected chi connectivity index (χ3v) is 9.06. The van der Waals surface area contributed by atoms with Gasteiger partial charge < -0.3 is 4.90 Å². The Labute approximate surface area is 247 Å². The Morgan fingerprint density at radius 2 is 0.929 bits per heavy atom. The second-order valence-electron chi connectivity index (χ2n) is 11.8. The molecule has 0 saturated heterocycles. The van der Waals surface area contributed by atoms with Crippen molar-refractivity contribution >= 4 is 38.6 Å². The number of hydrogen-bond donors (Lipinski definition) is 0. The van der Waals surface area contributed by atoms with E-state index in [0.717, 1.165) is 5.69 Å². The molecule has 0 atom stereocenters. The highest BCUT2D eigenvalue weighted by Crippen LogP contribution is 2.52. The molecule has 0 amide bonds. The topological polar surface area (TPSA) is 3.24 Å². The fourth-order valence-electron chi connectivity index (χ4n) is 7.00. The number of rotatable bonds is 4. The highest BCUT2D eigenvalue weighted by Gasteiger charge is 2.36. The fraction of sp³-hybridized carbons (Fsp3) is 0.0732. The van der Waals surface area contributed by atoms with E-state index >= 15 is 0 Å². The molecule has 1 nitrogen and oxygen atoms in total. The van der Waals surface area contributed by atoms with Crippen molar-refractivity contribution in [2.24, 2.45) is 0 Å². The van der Waals surface area contributed by atoms with Crippen molar-refractivity contribution in [1.82, 2.24) is 0 Å². The number of fused-ring (bicyclic) bond motifs is 5. The molecule has 7 aromatic rings. The molecule has 42 heavy (non-hydrogen) atoms. The van der Waals surface area contributed by atoms with Gasteiger partial charge in [0, 0.05) is 21.9 Å². The fourth-order valence-corrected chi connectivity index (χ4v) is 7.00. The van der Waals surface area contributed by atoms with Gasteiger partial charge in [0.05, 0.1) is 11.4 Å². The number of benzene rings is 7. The maximum atomic E-state index is 2.42. The first-order valence-electron chi connectivity index (χ1n) is 14.7. The molecule has 0 bridgehead atoms. The van der Waals surface area contributed by atoms with Crippen LogP contribution in [0.2, 0.25) is 0 Å². The molecule has 0 aliphatic heterocycles. The molecule has 0 spiro atoms. The summed E-state index contributed by atoms with van der Waals surface area (Å²) in [6.45, 7) is 4.69. The van der Waals surface area contributed by atoms with Gasteiger partial charge in [0.2, 0.25) is 0 Å². The lowest BCUT2D eigenvalue weighted by atomic mass is 9.82. The standard InChI is InChI=1S/C41H31N/c1-41(2)36-20-8-7-18-35(36)40-34(19-11-21-37(40)41)30-24-26-31(27-25-30)42(38-22-9-14-28-12-3-5-16-32(28)38)39-23-10-15-29-13-4-6-17-33(29)39/h3-27H,1-2H3. The molecule has 1 aliphatic carbocycles. The first-order valence-corrected chi connectivity index (χ1v) is 14.7. The molecule has 0 fully saturated rings. The van der Waals surface area contributed by atoms with E-state index in [1.54, 1.807) is 0 Å². The molecule has 0 saturated carbocycles. The van der Waals surface area contributed by atoms with E-state index in [0.29, 0.717) is 0 Å². The Balaban J connectivity index is 1.32. The molecule has 0 unspecified atom stereocenters. The van der Waals surface area contributed by atoms with E-state index in [1.807, 2.05) is 0 Å². The lowest BCUT2D eigenvalue weighted by molar-refractivity contribution is 0.660. The van der Waals surface area contributed by atoms with Gasteiger partial charge in [-0.25, -0.2) is 0 Å². The maximum absolute atomic E-state index is 2.42. The molecule has 0 N–H and O–H groups in total. The van der Waals surface area contributed by atoms with E-state index in [1.165, 1.54) is 66.3 Å². The molecule has 0 heterocycles. The van der Waals surface area contributed by atoms with Gasteiger partial charge in [-0.05, 0) is 68.4 Å². The van der Waals surface area contributed by atoms with Crippen molar-refractivity contribution in [3.63, 3.8) is 0 Å². The van der Waals surface area contributed by atoms with Crippen molar-refractivity contribution in [3.8, 4) is 22.3 Å². The largest absolute Gasteiger partial charge is 0.309 e. The van der Waals surface area contributed by atoms with Crippen LogP contribution in [0.3, 0.4) is 0 Å². The van der Waals surface area contributed by atoms with Crippen LogP contribution in [0, 0.1) is 0 Å². The van der Waals surface area contributed by atoms with Crippen LogP contribution in [0.1, 0.15) is 25.0 Å². The zero-order valence-corrected chi connectivity index (χ0v) is 23.9. The Morgan fingerprint density at radius 3 is 1.60 bits per heavy atom. The lowest BCUT2D eigenvalue weighted by Gasteiger charge is -2.28. The van der Waals surface area contributed by atoms with E-state index in [9.17, 15) is 0 Å². The second-order valence-corrected chi connectivity index (χ2v) is 11.8. The van der Waals surface area contributed by atoms with Gasteiger partial charge in [-0.1, -0.05) is 141 Å². The van der Waals surface area contributed by atoms with Crippen molar-refractivity contribution in [1.29, 1.82) is 0 Å². The molecule has 200 valence electrons. The van der Waals surface area contributed by atoms with Crippen LogP contribution in [-0.4, -0.2) is 0 Å². The SMILES string of the molecule is CC1(C)c2ccccc2-c2c(-c3ccc(N(c4cccc5ccccc45)c4cccc5ccccc45)cc3)cccc21. The number of anilines is 3. The van der Waals surface area contributed by atoms with Gasteiger partial charge in [-0.2, -0.15) is 0 Å². The normalized spacial score (nSPS) is 13.2. The molecule has 0 aromatic heterocycles. The Bertz CT molecular complexity index is 2030. The first kappa shape index (κ1) is 24.6. The van der Waals surface area contributed by atoms with Gasteiger partial charge in [-0.3, -0.25) is 0 Å². The van der Waals surface area contributed by atoms with Gasteiger partial charge >= 0.3 is 0 Å². The van der Waals surface area contributed by atoms with Gasteiger partial charge in [0.15, 0.2) is 0 Å². The maximum Gasteiger partial charge on any atom is 0.0540 e. The molecular formula is C41H31N. The summed E-state index contributed by atoms with van der Waals surface area (Å²) in [6, 6.07) is 55.3. The van der Waals surface area contributed by atoms with Crippen LogP contribution in [0.25, 0.3) is 43.8 Å². The summed E-state index contributed by atoms with van der Waals surface area (Å²) in [5.74, 6) is 0. The molecule has 1 heteroatoms. The Kier molecular flexibility index (Phi) is 5.55. The van der Waals surface area contributed by atoms with Crippen LogP contribution in [0.15, 0.2) is 152 Å². The van der Waals surface area contributed by atoms with Crippen LogP contribution in [0.4, 0.5) is 17.1 Å². The molecule has 0 radical (unpaired) electrons. The quantitative estimate of drug-likeness (QED) is 0.216. The third kappa shape index (κ3) is 3.71. The van der Waals surface area contributed by atoms with Crippen LogP contribution < -0.4 is 4.90 Å². The lowest BCUT2D eigenvalue weighted by Crippen LogP contribution is -2.14. The van der Waals surface area contributed by atoms with E-state index in [2.05, 4.69) is 170 Å². The summed E-state index contributed by atoms with van der Waals surface area (Å²) in [5.41, 5.74) is 11.5. The number of nitrogens with zero attached hydrogens (tertiary/aromatic N) is 1. The smallest absolute Gasteiger partial charge is 0.0540 e. The van der Waals surface area contributed by atoms with Crippen LogP contribution in [-0.2, 0) is 5.41 Å². The minimum absolute atomic E-state index is 0.0125. The predicted molar refractivity (Wildman–Crippen MR) is 179 cm³/mol. The van der Waals surface area contributed by atoms with E-state index in [4.69, 9.17) is 0 Å². The van der Waals surface area contributed by atoms with Crippen molar-refractivity contribution in [3.05, 3.63) is 163 Å². The summed E-state index contributed by atoms with van der Waals surface area (Å²) < 4.78 is 0. The summed E-state index contributed by atoms with van der Waals surface area (Å²) in [4.78, 5) is 2.42. The Morgan fingerprint density at radius 1 is 0.429 bits per heavy atom. The Hall–Kier alpha value is -5.14.